The Labute approximate surface area is 51.3 Å². The van der Waals surface area contributed by atoms with Gasteiger partial charge >= 0.3 is 0 Å². The van der Waals surface area contributed by atoms with Gasteiger partial charge in [-0.15, -0.1) is 8.20 Å². The second-order valence-electron chi connectivity index (χ2n) is 1.45. The van der Waals surface area contributed by atoms with Crippen molar-refractivity contribution in [3.05, 3.63) is 0 Å². The normalized spacial score (nSPS) is 14.2. The number of hydrogen-bond donors (Lipinski definition) is 1. The molecule has 0 amide bonds. The number of methoxy groups -OCH3 is 1. The van der Waals surface area contributed by atoms with Gasteiger partial charge in [-0.25, -0.2) is 0 Å². The molecule has 8 heavy (non-hydrogen) atoms. The maximum absolute atomic E-state index is 8.50. The highest BCUT2D eigenvalue weighted by Gasteiger charge is 1.99. The molecule has 0 aromatic carbocycles. The Bertz CT molecular complexity index is 61.4. The Balaban J connectivity index is 3.20. The standard InChI is InChI=1S/C5H11O2P/c1-7-5(3-6)4-8-2/h5-6H,2-4H2,1H3. The topological polar surface area (TPSA) is 29.5 Å². The first kappa shape index (κ1) is 8.09. The summed E-state index contributed by atoms with van der Waals surface area (Å²) in [7, 11) is 2.61. The van der Waals surface area contributed by atoms with Crippen molar-refractivity contribution < 1.29 is 9.84 Å². The molecule has 0 aliphatic rings. The lowest BCUT2D eigenvalue weighted by molar-refractivity contribution is 0.0655. The zero-order chi connectivity index (χ0) is 6.41. The van der Waals surface area contributed by atoms with E-state index in [2.05, 4.69) is 6.30 Å². The van der Waals surface area contributed by atoms with E-state index in [0.29, 0.717) is 0 Å². The van der Waals surface area contributed by atoms with Gasteiger partial charge in [-0.05, 0) is 0 Å². The fraction of sp³-hybridized carbons (Fsp3) is 0.800. The van der Waals surface area contributed by atoms with Gasteiger partial charge in [0.05, 0.1) is 12.7 Å². The monoisotopic (exact) mass is 134 g/mol. The van der Waals surface area contributed by atoms with Crippen LogP contribution >= 0.6 is 8.20 Å². The third kappa shape index (κ3) is 3.14. The lowest BCUT2D eigenvalue weighted by Gasteiger charge is -2.06. The van der Waals surface area contributed by atoms with Crippen molar-refractivity contribution in [1.29, 1.82) is 0 Å². The highest BCUT2D eigenvalue weighted by atomic mass is 31.1. The lowest BCUT2D eigenvalue weighted by Crippen LogP contribution is -2.16. The molecule has 0 aromatic heterocycles. The van der Waals surface area contributed by atoms with Crippen LogP contribution in [0.3, 0.4) is 0 Å². The molecule has 0 radical (unpaired) electrons. The molecule has 0 saturated heterocycles. The third-order valence-corrected chi connectivity index (χ3v) is 1.54. The van der Waals surface area contributed by atoms with Gasteiger partial charge in [-0.1, -0.05) is 6.30 Å². The van der Waals surface area contributed by atoms with E-state index in [4.69, 9.17) is 9.84 Å². The van der Waals surface area contributed by atoms with E-state index in [0.717, 1.165) is 14.4 Å². The molecule has 3 heteroatoms. The van der Waals surface area contributed by atoms with Crippen molar-refractivity contribution in [3.8, 4) is 0 Å². The van der Waals surface area contributed by atoms with Crippen LogP contribution in [0.15, 0.2) is 0 Å². The van der Waals surface area contributed by atoms with Gasteiger partial charge in [0, 0.05) is 13.3 Å². The highest BCUT2D eigenvalue weighted by molar-refractivity contribution is 7.36. The smallest absolute Gasteiger partial charge is 0.0877 e. The van der Waals surface area contributed by atoms with Crippen LogP contribution in [0.2, 0.25) is 0 Å². The lowest BCUT2D eigenvalue weighted by atomic mass is 10.4. The molecule has 0 aliphatic carbocycles. The predicted octanol–water partition coefficient (Wildman–Crippen LogP) is 0.372. The Morgan fingerprint density at radius 3 is 2.62 bits per heavy atom. The molecule has 0 aromatic rings. The van der Waals surface area contributed by atoms with Crippen molar-refractivity contribution in [3.63, 3.8) is 0 Å². The summed E-state index contributed by atoms with van der Waals surface area (Å²) in [5.74, 6) is 0. The molecule has 0 rings (SSSR count). The summed E-state index contributed by atoms with van der Waals surface area (Å²) < 4.78 is 4.84. The van der Waals surface area contributed by atoms with E-state index in [-0.39, 0.29) is 12.7 Å². The zero-order valence-corrected chi connectivity index (χ0v) is 5.90. The van der Waals surface area contributed by atoms with Gasteiger partial charge in [0.25, 0.3) is 0 Å². The molecule has 0 spiro atoms. The summed E-state index contributed by atoms with van der Waals surface area (Å²) in [5.41, 5.74) is 0. The quantitative estimate of drug-likeness (QED) is 0.563. The molecule has 0 aliphatic heterocycles. The average Bonchev–Trinajstić information content (AvgIpc) is 1.83. The maximum Gasteiger partial charge on any atom is 0.0877 e. The van der Waals surface area contributed by atoms with E-state index < -0.39 is 0 Å². The summed E-state index contributed by atoms with van der Waals surface area (Å²) in [5, 5.41) is 8.50. The molecule has 0 bridgehead atoms. The van der Waals surface area contributed by atoms with Gasteiger partial charge < -0.3 is 9.84 Å². The Morgan fingerprint density at radius 1 is 1.88 bits per heavy atom. The zero-order valence-electron chi connectivity index (χ0n) is 5.00. The van der Waals surface area contributed by atoms with Crippen LogP contribution in [0.4, 0.5) is 0 Å². The van der Waals surface area contributed by atoms with Crippen molar-refractivity contribution in [2.45, 2.75) is 6.10 Å². The number of hydrogen-bond acceptors (Lipinski definition) is 2. The fourth-order valence-corrected chi connectivity index (χ4v) is 0.903. The van der Waals surface area contributed by atoms with Crippen LogP contribution in [-0.4, -0.2) is 37.4 Å². The van der Waals surface area contributed by atoms with Crippen molar-refractivity contribution >= 4 is 14.5 Å². The minimum absolute atomic E-state index is 0.0193. The van der Waals surface area contributed by atoms with Gasteiger partial charge in [0.15, 0.2) is 0 Å². The molecule has 1 atom stereocenters. The van der Waals surface area contributed by atoms with E-state index in [9.17, 15) is 0 Å². The van der Waals surface area contributed by atoms with Crippen LogP contribution in [-0.2, 0) is 4.74 Å². The van der Waals surface area contributed by atoms with Crippen molar-refractivity contribution in [2.75, 3.05) is 19.9 Å². The molecule has 0 heterocycles. The van der Waals surface area contributed by atoms with E-state index in [1.165, 1.54) is 0 Å². The minimum atomic E-state index is -0.0193. The number of ether oxygens (including phenoxy) is 1. The second-order valence-corrected chi connectivity index (χ2v) is 2.26. The van der Waals surface area contributed by atoms with Crippen LogP contribution < -0.4 is 0 Å². The summed E-state index contributed by atoms with van der Waals surface area (Å²) >= 11 is 0. The second kappa shape index (κ2) is 5.23. The van der Waals surface area contributed by atoms with Gasteiger partial charge in [-0.2, -0.15) is 0 Å². The summed E-state index contributed by atoms with van der Waals surface area (Å²) in [6.07, 6.45) is 4.40. The first-order valence-electron chi connectivity index (χ1n) is 2.41. The molecular weight excluding hydrogens is 123 g/mol. The van der Waals surface area contributed by atoms with Crippen LogP contribution in [0.25, 0.3) is 0 Å². The maximum atomic E-state index is 8.50. The highest BCUT2D eigenvalue weighted by Crippen LogP contribution is 1.97. The van der Waals surface area contributed by atoms with E-state index >= 15 is 0 Å². The molecule has 0 saturated carbocycles. The molecule has 48 valence electrons. The van der Waals surface area contributed by atoms with Crippen LogP contribution in [0, 0.1) is 0 Å². The Morgan fingerprint density at radius 2 is 2.50 bits per heavy atom. The van der Waals surface area contributed by atoms with Crippen molar-refractivity contribution in [1.82, 2.24) is 0 Å². The first-order valence-corrected chi connectivity index (χ1v) is 3.67. The van der Waals surface area contributed by atoms with Crippen molar-refractivity contribution in [2.24, 2.45) is 0 Å². The molecule has 1 unspecified atom stereocenters. The number of aliphatic hydroxyl groups excluding tert-OH is 1. The van der Waals surface area contributed by atoms with Crippen LogP contribution in [0.5, 0.6) is 0 Å². The first-order chi connectivity index (χ1) is 3.85. The third-order valence-electron chi connectivity index (χ3n) is 0.870. The number of aliphatic hydroxyl groups is 1. The van der Waals surface area contributed by atoms with E-state index in [1.54, 1.807) is 7.11 Å². The minimum Gasteiger partial charge on any atom is -0.394 e. The molecular formula is C5H11O2P. The Hall–Kier alpha value is 0.0900. The molecule has 0 fully saturated rings. The molecule has 2 nitrogen and oxygen atoms in total. The molecule has 1 N–H and O–H groups in total. The predicted molar refractivity (Wildman–Crippen MR) is 36.8 cm³/mol. The average molecular weight is 134 g/mol. The Kier molecular flexibility index (Phi) is 5.29. The number of rotatable bonds is 4. The largest absolute Gasteiger partial charge is 0.394 e. The summed E-state index contributed by atoms with van der Waals surface area (Å²) in [6.45, 7) is 0.0962. The van der Waals surface area contributed by atoms with E-state index in [1.807, 2.05) is 0 Å². The van der Waals surface area contributed by atoms with Gasteiger partial charge in [0.1, 0.15) is 0 Å². The SMILES string of the molecule is C=PCC(CO)OC. The van der Waals surface area contributed by atoms with Crippen LogP contribution in [0.1, 0.15) is 0 Å². The fourth-order valence-electron chi connectivity index (χ4n) is 0.351. The van der Waals surface area contributed by atoms with Gasteiger partial charge in [-0.3, -0.25) is 0 Å². The summed E-state index contributed by atoms with van der Waals surface area (Å²) in [6, 6.07) is 0. The van der Waals surface area contributed by atoms with Gasteiger partial charge in [0.2, 0.25) is 0 Å². The summed E-state index contributed by atoms with van der Waals surface area (Å²) in [4.78, 5) is 0.